The van der Waals surface area contributed by atoms with Gasteiger partial charge in [0.05, 0.1) is 24.0 Å². The Morgan fingerprint density at radius 2 is 1.82 bits per heavy atom. The van der Waals surface area contributed by atoms with Crippen molar-refractivity contribution in [2.45, 2.75) is 6.54 Å². The van der Waals surface area contributed by atoms with E-state index in [0.29, 0.717) is 17.8 Å². The lowest BCUT2D eigenvalue weighted by molar-refractivity contribution is 0.102. The molecule has 3 aromatic rings. The molecule has 0 aliphatic rings. The summed E-state index contributed by atoms with van der Waals surface area (Å²) in [6.07, 6.45) is 3.47. The van der Waals surface area contributed by atoms with Gasteiger partial charge in [0.2, 0.25) is 0 Å². The first kappa shape index (κ1) is 14.5. The third kappa shape index (κ3) is 3.43. The molecule has 4 nitrogen and oxygen atoms in total. The molecule has 1 heterocycles. The van der Waals surface area contributed by atoms with E-state index in [2.05, 4.69) is 26.3 Å². The van der Waals surface area contributed by atoms with Crippen LogP contribution in [-0.2, 0) is 6.54 Å². The fourth-order valence-corrected chi connectivity index (χ4v) is 2.59. The predicted molar refractivity (Wildman–Crippen MR) is 89.9 cm³/mol. The van der Waals surface area contributed by atoms with E-state index in [0.717, 1.165) is 10.0 Å². The van der Waals surface area contributed by atoms with Crippen molar-refractivity contribution in [2.75, 3.05) is 5.32 Å². The van der Waals surface area contributed by atoms with Crippen molar-refractivity contribution in [3.8, 4) is 0 Å². The average Bonchev–Trinajstić information content (AvgIpc) is 2.95. The van der Waals surface area contributed by atoms with Gasteiger partial charge in [-0.3, -0.25) is 9.48 Å². The summed E-state index contributed by atoms with van der Waals surface area (Å²) in [4.78, 5) is 12.2. The molecule has 0 spiro atoms. The zero-order valence-electron chi connectivity index (χ0n) is 11.7. The van der Waals surface area contributed by atoms with Gasteiger partial charge in [0.1, 0.15) is 0 Å². The lowest BCUT2D eigenvalue weighted by atomic mass is 10.2. The first-order valence-corrected chi connectivity index (χ1v) is 7.64. The molecule has 0 aliphatic heterocycles. The van der Waals surface area contributed by atoms with Crippen LogP contribution < -0.4 is 5.32 Å². The molecule has 2 aromatic carbocycles. The first-order chi connectivity index (χ1) is 10.7. The van der Waals surface area contributed by atoms with Gasteiger partial charge in [-0.1, -0.05) is 42.5 Å². The minimum absolute atomic E-state index is 0.160. The van der Waals surface area contributed by atoms with Crippen LogP contribution in [0.25, 0.3) is 0 Å². The summed E-state index contributed by atoms with van der Waals surface area (Å²) in [5, 5.41) is 7.12. The molecule has 1 amide bonds. The summed E-state index contributed by atoms with van der Waals surface area (Å²) in [6, 6.07) is 17.4. The first-order valence-electron chi connectivity index (χ1n) is 6.84. The van der Waals surface area contributed by atoms with E-state index in [1.807, 2.05) is 54.7 Å². The number of hydrogen-bond donors (Lipinski definition) is 1. The molecule has 0 atom stereocenters. The number of nitrogens with zero attached hydrogens (tertiary/aromatic N) is 2. The van der Waals surface area contributed by atoms with Gasteiger partial charge in [0.25, 0.3) is 5.91 Å². The molecule has 1 aromatic heterocycles. The maximum absolute atomic E-state index is 12.2. The highest BCUT2D eigenvalue weighted by Crippen LogP contribution is 2.17. The smallest absolute Gasteiger partial charge is 0.256 e. The summed E-state index contributed by atoms with van der Waals surface area (Å²) in [6.45, 7) is 0.672. The maximum atomic E-state index is 12.2. The Bertz CT molecular complexity index is 783. The molecule has 0 saturated carbocycles. The van der Waals surface area contributed by atoms with E-state index in [-0.39, 0.29) is 5.91 Å². The molecule has 110 valence electrons. The van der Waals surface area contributed by atoms with Gasteiger partial charge >= 0.3 is 0 Å². The van der Waals surface area contributed by atoms with Crippen molar-refractivity contribution < 1.29 is 4.79 Å². The van der Waals surface area contributed by atoms with Gasteiger partial charge in [-0.15, -0.1) is 0 Å². The lowest BCUT2D eigenvalue weighted by Crippen LogP contribution is -2.12. The van der Waals surface area contributed by atoms with Crippen LogP contribution in [0.15, 0.2) is 71.5 Å². The van der Waals surface area contributed by atoms with Crippen molar-refractivity contribution in [2.24, 2.45) is 0 Å². The standard InChI is InChI=1S/C17H14BrN3O/c18-16-9-5-4-8-15(16)17(22)20-14-10-19-21(12-14)11-13-6-2-1-3-7-13/h1-10,12H,11H2,(H,20,22). The van der Waals surface area contributed by atoms with Crippen LogP contribution in [0.3, 0.4) is 0 Å². The fraction of sp³-hybridized carbons (Fsp3) is 0.0588. The SMILES string of the molecule is O=C(Nc1cnn(Cc2ccccc2)c1)c1ccccc1Br. The quantitative estimate of drug-likeness (QED) is 0.770. The molecule has 0 saturated heterocycles. The minimum Gasteiger partial charge on any atom is -0.319 e. The molecule has 1 N–H and O–H groups in total. The second-order valence-electron chi connectivity index (χ2n) is 4.85. The Hall–Kier alpha value is -2.40. The van der Waals surface area contributed by atoms with Gasteiger partial charge in [0.15, 0.2) is 0 Å². The van der Waals surface area contributed by atoms with Crippen LogP contribution in [0.5, 0.6) is 0 Å². The number of anilines is 1. The second kappa shape index (κ2) is 6.58. The Morgan fingerprint density at radius 1 is 1.09 bits per heavy atom. The van der Waals surface area contributed by atoms with E-state index in [1.54, 1.807) is 16.9 Å². The Labute approximate surface area is 136 Å². The number of benzene rings is 2. The van der Waals surface area contributed by atoms with Gasteiger partial charge in [-0.05, 0) is 33.6 Å². The fourth-order valence-electron chi connectivity index (χ4n) is 2.13. The summed E-state index contributed by atoms with van der Waals surface area (Å²) in [7, 11) is 0. The third-order valence-electron chi connectivity index (χ3n) is 3.20. The Balaban J connectivity index is 1.69. The molecule has 0 bridgehead atoms. The van der Waals surface area contributed by atoms with E-state index >= 15 is 0 Å². The lowest BCUT2D eigenvalue weighted by Gasteiger charge is -2.04. The molecule has 0 fully saturated rings. The Kier molecular flexibility index (Phi) is 4.34. The normalized spacial score (nSPS) is 10.4. The van der Waals surface area contributed by atoms with Crippen LogP contribution in [-0.4, -0.2) is 15.7 Å². The van der Waals surface area contributed by atoms with Gasteiger partial charge in [0, 0.05) is 10.7 Å². The monoisotopic (exact) mass is 355 g/mol. The number of aromatic nitrogens is 2. The van der Waals surface area contributed by atoms with Crippen molar-refractivity contribution in [1.29, 1.82) is 0 Å². The zero-order chi connectivity index (χ0) is 15.4. The number of carbonyl (C=O) groups is 1. The minimum atomic E-state index is -0.160. The zero-order valence-corrected chi connectivity index (χ0v) is 13.3. The van der Waals surface area contributed by atoms with Gasteiger partial charge < -0.3 is 5.32 Å². The van der Waals surface area contributed by atoms with Crippen LogP contribution in [0.4, 0.5) is 5.69 Å². The number of rotatable bonds is 4. The number of hydrogen-bond acceptors (Lipinski definition) is 2. The predicted octanol–water partition coefficient (Wildman–Crippen LogP) is 3.95. The van der Waals surface area contributed by atoms with Crippen LogP contribution in [0, 0.1) is 0 Å². The molecule has 22 heavy (non-hydrogen) atoms. The van der Waals surface area contributed by atoms with Gasteiger partial charge in [-0.2, -0.15) is 5.10 Å². The largest absolute Gasteiger partial charge is 0.319 e. The topological polar surface area (TPSA) is 46.9 Å². The van der Waals surface area contributed by atoms with Crippen molar-refractivity contribution >= 4 is 27.5 Å². The van der Waals surface area contributed by atoms with E-state index < -0.39 is 0 Å². The summed E-state index contributed by atoms with van der Waals surface area (Å²) in [5.74, 6) is -0.160. The summed E-state index contributed by atoms with van der Waals surface area (Å²) < 4.78 is 2.56. The number of carbonyl (C=O) groups excluding carboxylic acids is 1. The van der Waals surface area contributed by atoms with Crippen LogP contribution >= 0.6 is 15.9 Å². The average molecular weight is 356 g/mol. The number of nitrogens with one attached hydrogen (secondary N) is 1. The molecular weight excluding hydrogens is 342 g/mol. The number of halogens is 1. The highest BCUT2D eigenvalue weighted by Gasteiger charge is 2.10. The summed E-state index contributed by atoms with van der Waals surface area (Å²) >= 11 is 3.38. The third-order valence-corrected chi connectivity index (χ3v) is 3.89. The highest BCUT2D eigenvalue weighted by atomic mass is 79.9. The number of amides is 1. The van der Waals surface area contributed by atoms with E-state index in [9.17, 15) is 4.79 Å². The molecular formula is C17H14BrN3O. The molecule has 0 radical (unpaired) electrons. The Morgan fingerprint density at radius 3 is 2.59 bits per heavy atom. The van der Waals surface area contributed by atoms with Crippen LogP contribution in [0.2, 0.25) is 0 Å². The van der Waals surface area contributed by atoms with Crippen LogP contribution in [0.1, 0.15) is 15.9 Å². The van der Waals surface area contributed by atoms with Crippen molar-refractivity contribution in [3.05, 3.63) is 82.6 Å². The van der Waals surface area contributed by atoms with Crippen molar-refractivity contribution in [1.82, 2.24) is 9.78 Å². The second-order valence-corrected chi connectivity index (χ2v) is 5.70. The maximum Gasteiger partial charge on any atom is 0.256 e. The molecule has 0 aliphatic carbocycles. The molecule has 5 heteroatoms. The van der Waals surface area contributed by atoms with E-state index in [1.165, 1.54) is 0 Å². The highest BCUT2D eigenvalue weighted by molar-refractivity contribution is 9.10. The molecule has 3 rings (SSSR count). The summed E-state index contributed by atoms with van der Waals surface area (Å²) in [5.41, 5.74) is 2.43. The molecule has 0 unspecified atom stereocenters. The van der Waals surface area contributed by atoms with E-state index in [4.69, 9.17) is 0 Å². The van der Waals surface area contributed by atoms with Gasteiger partial charge in [-0.25, -0.2) is 0 Å². The van der Waals surface area contributed by atoms with Crippen molar-refractivity contribution in [3.63, 3.8) is 0 Å².